The van der Waals surface area contributed by atoms with E-state index in [1.165, 1.54) is 0 Å². The minimum atomic E-state index is -0.0675. The predicted octanol–water partition coefficient (Wildman–Crippen LogP) is 1.39. The first-order valence-electron chi connectivity index (χ1n) is 5.57. The summed E-state index contributed by atoms with van der Waals surface area (Å²) in [6, 6.07) is 0. The Morgan fingerprint density at radius 1 is 1.40 bits per heavy atom. The van der Waals surface area contributed by atoms with Crippen molar-refractivity contribution < 1.29 is 5.11 Å². The van der Waals surface area contributed by atoms with Gasteiger partial charge in [0, 0.05) is 18.6 Å². The molecule has 90 valence electrons. The van der Waals surface area contributed by atoms with E-state index in [9.17, 15) is 0 Å². The predicted molar refractivity (Wildman–Crippen MR) is 69.0 cm³/mol. The van der Waals surface area contributed by atoms with Gasteiger partial charge >= 0.3 is 0 Å². The monoisotopic (exact) mass is 232 g/mol. The van der Waals surface area contributed by atoms with Crippen LogP contribution in [0.4, 0.5) is 0 Å². The Hall–Kier alpha value is -0.190. The van der Waals surface area contributed by atoms with Gasteiger partial charge in [-0.15, -0.1) is 0 Å². The summed E-state index contributed by atoms with van der Waals surface area (Å²) in [5.41, 5.74) is 5.60. The molecule has 0 saturated carbocycles. The summed E-state index contributed by atoms with van der Waals surface area (Å²) in [5, 5.41) is 8.76. The van der Waals surface area contributed by atoms with Gasteiger partial charge in [-0.25, -0.2) is 0 Å². The van der Waals surface area contributed by atoms with Crippen molar-refractivity contribution in [2.75, 3.05) is 26.2 Å². The van der Waals surface area contributed by atoms with Crippen LogP contribution >= 0.6 is 12.2 Å². The second-order valence-electron chi connectivity index (χ2n) is 4.51. The lowest BCUT2D eigenvalue weighted by atomic mass is 9.89. The molecule has 15 heavy (non-hydrogen) atoms. The zero-order valence-corrected chi connectivity index (χ0v) is 10.9. The lowest BCUT2D eigenvalue weighted by Crippen LogP contribution is -2.35. The summed E-state index contributed by atoms with van der Waals surface area (Å²) < 4.78 is 0. The Morgan fingerprint density at radius 3 is 2.40 bits per heavy atom. The van der Waals surface area contributed by atoms with Gasteiger partial charge in [0.05, 0.1) is 4.99 Å². The topological polar surface area (TPSA) is 49.5 Å². The Morgan fingerprint density at radius 2 is 2.00 bits per heavy atom. The normalized spacial score (nSPS) is 12.1. The zero-order valence-electron chi connectivity index (χ0n) is 10.1. The largest absolute Gasteiger partial charge is 0.396 e. The van der Waals surface area contributed by atoms with Crippen LogP contribution in [0.2, 0.25) is 0 Å². The van der Waals surface area contributed by atoms with E-state index in [0.29, 0.717) is 4.99 Å². The van der Waals surface area contributed by atoms with Gasteiger partial charge in [-0.1, -0.05) is 33.0 Å². The first-order valence-corrected chi connectivity index (χ1v) is 5.98. The quantitative estimate of drug-likeness (QED) is 0.621. The molecular formula is C11H24N2OS. The van der Waals surface area contributed by atoms with E-state index in [0.717, 1.165) is 32.5 Å². The molecule has 0 amide bonds. The highest BCUT2D eigenvalue weighted by molar-refractivity contribution is 7.80. The molecule has 3 nitrogen and oxygen atoms in total. The van der Waals surface area contributed by atoms with Crippen molar-refractivity contribution in [2.45, 2.75) is 33.6 Å². The summed E-state index contributed by atoms with van der Waals surface area (Å²) in [7, 11) is 0. The number of nitrogens with zero attached hydrogens (tertiary/aromatic N) is 1. The molecule has 0 saturated heterocycles. The highest BCUT2D eigenvalue weighted by atomic mass is 32.1. The van der Waals surface area contributed by atoms with Crippen LogP contribution in [0, 0.1) is 5.41 Å². The fourth-order valence-electron chi connectivity index (χ4n) is 1.28. The van der Waals surface area contributed by atoms with E-state index >= 15 is 0 Å². The summed E-state index contributed by atoms with van der Waals surface area (Å²) in [5.74, 6) is 0. The van der Waals surface area contributed by atoms with Gasteiger partial charge in [-0.2, -0.15) is 0 Å². The van der Waals surface area contributed by atoms with E-state index in [1.807, 2.05) is 0 Å². The van der Waals surface area contributed by atoms with Gasteiger partial charge in [0.2, 0.25) is 0 Å². The number of thiocarbonyl (C=S) groups is 1. The van der Waals surface area contributed by atoms with Crippen molar-refractivity contribution in [3.05, 3.63) is 0 Å². The average molecular weight is 232 g/mol. The molecule has 0 rings (SSSR count). The lowest BCUT2D eigenvalue weighted by Gasteiger charge is -2.27. The Labute approximate surface area is 98.6 Å². The summed E-state index contributed by atoms with van der Waals surface area (Å²) in [4.78, 5) is 2.90. The van der Waals surface area contributed by atoms with Crippen LogP contribution in [0.5, 0.6) is 0 Å². The molecule has 0 aliphatic rings. The third-order valence-electron chi connectivity index (χ3n) is 2.80. The molecule has 0 aromatic heterocycles. The second kappa shape index (κ2) is 7.14. The summed E-state index contributed by atoms with van der Waals surface area (Å²) >= 11 is 5.03. The molecule has 0 spiro atoms. The number of rotatable bonds is 8. The molecule has 0 radical (unpaired) electrons. The van der Waals surface area contributed by atoms with Gasteiger partial charge in [0.1, 0.15) is 0 Å². The van der Waals surface area contributed by atoms with Crippen molar-refractivity contribution in [3.8, 4) is 0 Å². The van der Waals surface area contributed by atoms with Crippen LogP contribution in [0.15, 0.2) is 0 Å². The van der Waals surface area contributed by atoms with Gasteiger partial charge in [-0.05, 0) is 25.9 Å². The minimum Gasteiger partial charge on any atom is -0.396 e. The van der Waals surface area contributed by atoms with Gasteiger partial charge in [0.15, 0.2) is 0 Å². The fourth-order valence-corrected chi connectivity index (χ4v) is 1.39. The van der Waals surface area contributed by atoms with Crippen LogP contribution in [-0.2, 0) is 0 Å². The Kier molecular flexibility index (Phi) is 7.05. The van der Waals surface area contributed by atoms with Crippen molar-refractivity contribution in [1.82, 2.24) is 4.90 Å². The molecular weight excluding hydrogens is 208 g/mol. The van der Waals surface area contributed by atoms with E-state index in [-0.39, 0.29) is 12.0 Å². The van der Waals surface area contributed by atoms with Crippen molar-refractivity contribution in [1.29, 1.82) is 0 Å². The third kappa shape index (κ3) is 6.07. The minimum absolute atomic E-state index is 0.0675. The molecule has 3 N–H and O–H groups in total. The average Bonchev–Trinajstić information content (AvgIpc) is 2.18. The smallest absolute Gasteiger partial charge is 0.0784 e. The Bertz CT molecular complexity index is 195. The molecule has 0 aliphatic heterocycles. The molecule has 0 fully saturated rings. The highest BCUT2D eigenvalue weighted by Crippen LogP contribution is 2.20. The molecule has 0 bridgehead atoms. The van der Waals surface area contributed by atoms with Crippen LogP contribution in [-0.4, -0.2) is 41.2 Å². The maximum Gasteiger partial charge on any atom is 0.0784 e. The van der Waals surface area contributed by atoms with Crippen LogP contribution < -0.4 is 5.73 Å². The maximum absolute atomic E-state index is 8.76. The Balaban J connectivity index is 3.94. The number of nitrogens with two attached hydrogens (primary N) is 1. The maximum atomic E-state index is 8.76. The second-order valence-corrected chi connectivity index (χ2v) is 4.95. The number of aliphatic hydroxyl groups excluding tert-OH is 1. The van der Waals surface area contributed by atoms with Crippen LogP contribution in [0.3, 0.4) is 0 Å². The van der Waals surface area contributed by atoms with Crippen LogP contribution in [0.25, 0.3) is 0 Å². The van der Waals surface area contributed by atoms with Crippen molar-refractivity contribution in [2.24, 2.45) is 11.1 Å². The number of hydrogen-bond acceptors (Lipinski definition) is 3. The number of hydrogen-bond donors (Lipinski definition) is 2. The van der Waals surface area contributed by atoms with Gasteiger partial charge < -0.3 is 15.7 Å². The molecule has 0 unspecified atom stereocenters. The number of aliphatic hydroxyl groups is 1. The molecule has 0 atom stereocenters. The van der Waals surface area contributed by atoms with E-state index in [4.69, 9.17) is 23.1 Å². The third-order valence-corrected chi connectivity index (χ3v) is 3.35. The molecule has 4 heteroatoms. The van der Waals surface area contributed by atoms with Crippen molar-refractivity contribution >= 4 is 17.2 Å². The SMILES string of the molecule is CCN(CCCO)CCC(C)(C)C(N)=S. The summed E-state index contributed by atoms with van der Waals surface area (Å²) in [6.07, 6.45) is 1.81. The highest BCUT2D eigenvalue weighted by Gasteiger charge is 2.21. The standard InChI is InChI=1S/C11H24N2OS/c1-4-13(7-5-9-14)8-6-11(2,3)10(12)15/h14H,4-9H2,1-3H3,(H2,12,15). The fraction of sp³-hybridized carbons (Fsp3) is 0.909. The van der Waals surface area contributed by atoms with E-state index < -0.39 is 0 Å². The molecule has 0 aliphatic carbocycles. The van der Waals surface area contributed by atoms with E-state index in [2.05, 4.69) is 25.7 Å². The lowest BCUT2D eigenvalue weighted by molar-refractivity contribution is 0.217. The molecule has 0 heterocycles. The van der Waals surface area contributed by atoms with Crippen molar-refractivity contribution in [3.63, 3.8) is 0 Å². The first kappa shape index (κ1) is 14.8. The van der Waals surface area contributed by atoms with Crippen LogP contribution in [0.1, 0.15) is 33.6 Å². The van der Waals surface area contributed by atoms with E-state index in [1.54, 1.807) is 0 Å². The molecule has 0 aromatic rings. The van der Waals surface area contributed by atoms with Gasteiger partial charge in [0.25, 0.3) is 0 Å². The van der Waals surface area contributed by atoms with Gasteiger partial charge in [-0.3, -0.25) is 0 Å². The molecule has 0 aromatic carbocycles. The first-order chi connectivity index (χ1) is 6.94. The zero-order chi connectivity index (χ0) is 11.9. The summed E-state index contributed by atoms with van der Waals surface area (Å²) in [6.45, 7) is 9.49.